The van der Waals surface area contributed by atoms with Gasteiger partial charge in [0.2, 0.25) is 5.91 Å². The van der Waals surface area contributed by atoms with E-state index >= 15 is 0 Å². The summed E-state index contributed by atoms with van der Waals surface area (Å²) in [5, 5.41) is 0.707. The Morgan fingerprint density at radius 3 is 2.45 bits per heavy atom. The molecule has 38 heavy (non-hydrogen) atoms. The number of rotatable bonds is 5. The number of fused-ring (bicyclic) bond motifs is 1. The summed E-state index contributed by atoms with van der Waals surface area (Å²) in [6.45, 7) is 4.03. The second-order valence-electron chi connectivity index (χ2n) is 10.2. The molecule has 6 nitrogen and oxygen atoms in total. The number of carbonyl (C=O) groups excluding carboxylic acids is 1. The van der Waals surface area contributed by atoms with E-state index in [1.807, 2.05) is 42.5 Å². The number of hydrogen-bond donors (Lipinski definition) is 0. The lowest BCUT2D eigenvalue weighted by Gasteiger charge is -2.38. The van der Waals surface area contributed by atoms with Crippen molar-refractivity contribution in [1.29, 1.82) is 0 Å². The van der Waals surface area contributed by atoms with Gasteiger partial charge in [0.25, 0.3) is 7.05 Å². The fraction of sp³-hybridized carbons (Fsp3) is 0.323. The Bertz CT molecular complexity index is 1540. The molecule has 4 aromatic rings. The van der Waals surface area contributed by atoms with Gasteiger partial charge in [0, 0.05) is 61.0 Å². The van der Waals surface area contributed by atoms with Gasteiger partial charge in [-0.05, 0) is 48.7 Å². The molecule has 0 radical (unpaired) electrons. The van der Waals surface area contributed by atoms with Crippen molar-refractivity contribution in [3.63, 3.8) is 0 Å². The van der Waals surface area contributed by atoms with Crippen LogP contribution in [0.1, 0.15) is 30.5 Å². The molecule has 2 aliphatic rings. The van der Waals surface area contributed by atoms with Gasteiger partial charge in [-0.1, -0.05) is 53.2 Å². The van der Waals surface area contributed by atoms with Crippen molar-refractivity contribution in [2.75, 3.05) is 33.2 Å². The number of benzene rings is 2. The zero-order valence-electron chi connectivity index (χ0n) is 21.6. The number of aromatic nitrogens is 2. The van der Waals surface area contributed by atoms with Crippen LogP contribution in [0.2, 0.25) is 5.02 Å². The van der Waals surface area contributed by atoms with E-state index in [1.165, 1.54) is 6.42 Å². The summed E-state index contributed by atoms with van der Waals surface area (Å²) >= 11 is 6.20. The summed E-state index contributed by atoms with van der Waals surface area (Å²) in [5.74, 6) is 0.608. The minimum atomic E-state index is 0.258. The molecule has 6 rings (SSSR count). The molecule has 0 bridgehead atoms. The zero-order valence-corrected chi connectivity index (χ0v) is 22.4. The Balaban J connectivity index is 1.35. The molecule has 3 heterocycles. The molecule has 1 saturated carbocycles. The number of imidazole rings is 1. The van der Waals surface area contributed by atoms with Crippen molar-refractivity contribution in [2.24, 2.45) is 5.92 Å². The van der Waals surface area contributed by atoms with Crippen LogP contribution in [0.5, 0.6) is 0 Å². The van der Waals surface area contributed by atoms with Gasteiger partial charge in [-0.2, -0.15) is 0 Å². The Morgan fingerprint density at radius 1 is 1.00 bits per heavy atom. The number of hydrogen-bond acceptors (Lipinski definition) is 3. The maximum absolute atomic E-state index is 12.8. The van der Waals surface area contributed by atoms with Gasteiger partial charge in [0.15, 0.2) is 0 Å². The summed E-state index contributed by atoms with van der Waals surface area (Å²) in [7, 11) is 1.74. The van der Waals surface area contributed by atoms with E-state index in [4.69, 9.17) is 16.6 Å². The maximum atomic E-state index is 12.8. The number of halogens is 1. The summed E-state index contributed by atoms with van der Waals surface area (Å²) in [5.41, 5.74) is 7.16. The lowest BCUT2D eigenvalue weighted by Crippen LogP contribution is -2.50. The first-order valence-electron chi connectivity index (χ1n) is 13.3. The number of carbonyl (C=O) groups is 1. The zero-order chi connectivity index (χ0) is 26.1. The summed E-state index contributed by atoms with van der Waals surface area (Å²) < 4.78 is 2.21. The van der Waals surface area contributed by atoms with Crippen LogP contribution in [0.3, 0.4) is 0 Å². The quantitative estimate of drug-likeness (QED) is 0.318. The first-order valence-corrected chi connectivity index (χ1v) is 13.7. The fourth-order valence-corrected chi connectivity index (χ4v) is 5.57. The van der Waals surface area contributed by atoms with Crippen LogP contribution in [0, 0.1) is 12.0 Å². The van der Waals surface area contributed by atoms with Crippen molar-refractivity contribution in [3.8, 4) is 28.5 Å². The second kappa shape index (κ2) is 10.6. The normalized spacial score (nSPS) is 16.2. The lowest BCUT2D eigenvalue weighted by molar-refractivity contribution is -0.140. The van der Waals surface area contributed by atoms with Crippen LogP contribution < -0.4 is 0 Å². The van der Waals surface area contributed by atoms with Gasteiger partial charge in [-0.3, -0.25) is 9.69 Å². The molecule has 2 aromatic heterocycles. The van der Waals surface area contributed by atoms with E-state index in [0.29, 0.717) is 10.9 Å². The fourth-order valence-electron chi connectivity index (χ4n) is 5.45. The third-order valence-corrected chi connectivity index (χ3v) is 8.07. The van der Waals surface area contributed by atoms with Crippen molar-refractivity contribution >= 4 is 23.2 Å². The average Bonchev–Trinajstić information content (AvgIpc) is 3.26. The van der Waals surface area contributed by atoms with Crippen molar-refractivity contribution in [2.45, 2.75) is 25.8 Å². The summed E-state index contributed by atoms with van der Waals surface area (Å²) in [6.07, 6.45) is 5.47. The number of amides is 1. The summed E-state index contributed by atoms with van der Waals surface area (Å²) in [4.78, 5) is 26.4. The highest BCUT2D eigenvalue weighted by molar-refractivity contribution is 6.30. The Labute approximate surface area is 228 Å². The summed E-state index contributed by atoms with van der Waals surface area (Å²) in [6, 6.07) is 23.4. The minimum absolute atomic E-state index is 0.258. The van der Waals surface area contributed by atoms with Gasteiger partial charge in [0.05, 0.1) is 11.4 Å². The molecule has 1 saturated heterocycles. The Morgan fingerprint density at radius 2 is 1.74 bits per heavy atom. The molecule has 2 fully saturated rings. The molecular formula is C31H31ClN5O+. The van der Waals surface area contributed by atoms with E-state index in [2.05, 4.69) is 49.5 Å². The van der Waals surface area contributed by atoms with E-state index in [9.17, 15) is 4.79 Å². The van der Waals surface area contributed by atoms with E-state index in [0.717, 1.165) is 84.9 Å². The molecule has 0 unspecified atom stereocenters. The van der Waals surface area contributed by atoms with Crippen LogP contribution in [-0.4, -0.2) is 58.3 Å². The lowest BCUT2D eigenvalue weighted by atomic mass is 9.84. The molecule has 192 valence electrons. The van der Waals surface area contributed by atoms with Gasteiger partial charge in [0.1, 0.15) is 11.2 Å². The first-order chi connectivity index (χ1) is 18.6. The molecule has 1 amide bonds. The molecule has 0 spiro atoms. The third kappa shape index (κ3) is 4.80. The van der Waals surface area contributed by atoms with E-state index < -0.39 is 0 Å². The molecule has 7 heteroatoms. The van der Waals surface area contributed by atoms with Crippen LogP contribution in [0.25, 0.3) is 32.9 Å². The Kier molecular flexibility index (Phi) is 6.88. The monoisotopic (exact) mass is 524 g/mol. The van der Waals surface area contributed by atoms with Crippen molar-refractivity contribution in [3.05, 3.63) is 88.0 Å². The molecular weight excluding hydrogens is 494 g/mol. The highest BCUT2D eigenvalue weighted by Gasteiger charge is 2.31. The molecule has 2 aromatic carbocycles. The van der Waals surface area contributed by atoms with Crippen LogP contribution >= 0.6 is 11.6 Å². The standard InChI is InChI=1S/C31H31ClN5O/c1-33-19-24-5-2-3-8-27(24)25-11-14-29-34-30(22-9-12-26(32)13-10-22)28(37(29)20-25)21-35-15-17-36(18-16-35)31(38)23-6-4-7-23/h2-3,5,8-14,20,23H,4,6-7,15-18,21H2,1H3/q+1. The second-order valence-corrected chi connectivity index (χ2v) is 10.6. The topological polar surface area (TPSA) is 45.2 Å². The smallest absolute Gasteiger partial charge is 0.311 e. The SMILES string of the molecule is C[N+]#Cc1ccccc1-c1ccc2nc(-c3ccc(Cl)cc3)c(CN3CCN(C(=O)C4CCC4)CC3)n2c1. The van der Waals surface area contributed by atoms with Crippen molar-refractivity contribution in [1.82, 2.24) is 19.2 Å². The molecule has 1 aliphatic carbocycles. The van der Waals surface area contributed by atoms with Gasteiger partial charge in [-0.25, -0.2) is 4.98 Å². The molecule has 0 atom stereocenters. The molecule has 0 N–H and O–H groups in total. The average molecular weight is 525 g/mol. The largest absolute Gasteiger partial charge is 0.340 e. The highest BCUT2D eigenvalue weighted by atomic mass is 35.5. The minimum Gasteiger partial charge on any atom is -0.340 e. The van der Waals surface area contributed by atoms with Crippen LogP contribution in [-0.2, 0) is 11.3 Å². The van der Waals surface area contributed by atoms with Crippen LogP contribution in [0.4, 0.5) is 0 Å². The number of nitrogens with zero attached hydrogens (tertiary/aromatic N) is 5. The van der Waals surface area contributed by atoms with Gasteiger partial charge in [-0.15, -0.1) is 0 Å². The third-order valence-electron chi connectivity index (χ3n) is 7.82. The van der Waals surface area contributed by atoms with E-state index in [-0.39, 0.29) is 5.92 Å². The van der Waals surface area contributed by atoms with Gasteiger partial charge < -0.3 is 9.30 Å². The number of pyridine rings is 1. The number of piperazine rings is 1. The van der Waals surface area contributed by atoms with Crippen molar-refractivity contribution < 1.29 is 4.79 Å². The Hall–Kier alpha value is -3.66. The molecule has 1 aliphatic heterocycles. The van der Waals surface area contributed by atoms with Crippen LogP contribution in [0.15, 0.2) is 66.9 Å². The highest BCUT2D eigenvalue weighted by Crippen LogP contribution is 2.31. The van der Waals surface area contributed by atoms with E-state index in [1.54, 1.807) is 7.05 Å². The predicted octanol–water partition coefficient (Wildman–Crippen LogP) is 6.08. The van der Waals surface area contributed by atoms with Gasteiger partial charge >= 0.3 is 6.07 Å². The first kappa shape index (κ1) is 24.7. The predicted molar refractivity (Wildman–Crippen MR) is 153 cm³/mol. The maximum Gasteiger partial charge on any atom is 0.311 e.